The molecule has 0 bridgehead atoms. The number of nitro benzene ring substituents is 1. The van der Waals surface area contributed by atoms with Crippen molar-refractivity contribution in [3.63, 3.8) is 0 Å². The molecular weight excluding hydrogens is 260 g/mol. The Labute approximate surface area is 114 Å². The number of fused-ring (bicyclic) bond motifs is 1. The van der Waals surface area contributed by atoms with E-state index in [0.29, 0.717) is 18.5 Å². The maximum Gasteiger partial charge on any atom is 0.269 e. The van der Waals surface area contributed by atoms with Crippen molar-refractivity contribution in [2.24, 2.45) is 11.8 Å². The number of carbonyl (C=O) groups excluding carboxylic acids is 2. The van der Waals surface area contributed by atoms with Crippen molar-refractivity contribution in [1.29, 1.82) is 0 Å². The quantitative estimate of drug-likeness (QED) is 0.357. The Morgan fingerprint density at radius 3 is 1.95 bits per heavy atom. The average Bonchev–Trinajstić information content (AvgIpc) is 2.72. The molecule has 0 aromatic heterocycles. The van der Waals surface area contributed by atoms with Gasteiger partial charge in [-0.05, 0) is 25.0 Å². The normalized spacial score (nSPS) is 24.9. The Morgan fingerprint density at radius 2 is 1.50 bits per heavy atom. The zero-order chi connectivity index (χ0) is 14.3. The largest absolute Gasteiger partial charge is 0.274 e. The van der Waals surface area contributed by atoms with Gasteiger partial charge in [0.15, 0.2) is 0 Å². The van der Waals surface area contributed by atoms with Gasteiger partial charge in [-0.3, -0.25) is 24.6 Å². The summed E-state index contributed by atoms with van der Waals surface area (Å²) in [5, 5.41) is 10.6. The number of benzene rings is 1. The second-order valence-corrected chi connectivity index (χ2v) is 4.94. The zero-order valence-electron chi connectivity index (χ0n) is 10.6. The Morgan fingerprint density at radius 1 is 1.00 bits per heavy atom. The van der Waals surface area contributed by atoms with Crippen LogP contribution >= 0.6 is 0 Å². The van der Waals surface area contributed by atoms with Gasteiger partial charge in [0.25, 0.3) is 5.69 Å². The van der Waals surface area contributed by atoms with E-state index in [1.165, 1.54) is 24.3 Å². The number of nitro groups is 1. The number of hydrogen-bond donors (Lipinski definition) is 0. The third-order valence-electron chi connectivity index (χ3n) is 3.83. The number of rotatable bonds is 2. The van der Waals surface area contributed by atoms with Crippen LogP contribution in [0.1, 0.15) is 12.8 Å². The first-order chi connectivity index (χ1) is 9.59. The number of amides is 2. The van der Waals surface area contributed by atoms with E-state index >= 15 is 0 Å². The van der Waals surface area contributed by atoms with Crippen LogP contribution in [0, 0.1) is 22.0 Å². The summed E-state index contributed by atoms with van der Waals surface area (Å²) in [6, 6.07) is 5.49. The van der Waals surface area contributed by atoms with Crippen LogP contribution in [-0.2, 0) is 9.59 Å². The van der Waals surface area contributed by atoms with Gasteiger partial charge in [0.05, 0.1) is 22.4 Å². The third kappa shape index (κ3) is 1.80. The van der Waals surface area contributed by atoms with Gasteiger partial charge in [-0.25, -0.2) is 0 Å². The van der Waals surface area contributed by atoms with Gasteiger partial charge >= 0.3 is 0 Å². The highest BCUT2D eigenvalue weighted by atomic mass is 16.6. The highest BCUT2D eigenvalue weighted by Crippen LogP contribution is 2.37. The highest BCUT2D eigenvalue weighted by molar-refractivity contribution is 6.22. The molecule has 102 valence electrons. The van der Waals surface area contributed by atoms with Crippen LogP contribution in [-0.4, -0.2) is 16.7 Å². The van der Waals surface area contributed by atoms with Crippen molar-refractivity contribution >= 4 is 23.2 Å². The molecule has 0 saturated carbocycles. The topological polar surface area (TPSA) is 80.5 Å². The molecule has 0 unspecified atom stereocenters. The van der Waals surface area contributed by atoms with Crippen molar-refractivity contribution < 1.29 is 14.5 Å². The average molecular weight is 272 g/mol. The van der Waals surface area contributed by atoms with E-state index in [-0.39, 0.29) is 29.3 Å². The molecule has 0 radical (unpaired) electrons. The van der Waals surface area contributed by atoms with E-state index in [2.05, 4.69) is 0 Å². The third-order valence-corrected chi connectivity index (χ3v) is 3.83. The van der Waals surface area contributed by atoms with E-state index in [0.717, 1.165) is 4.90 Å². The lowest BCUT2D eigenvalue weighted by Crippen LogP contribution is -2.30. The lowest BCUT2D eigenvalue weighted by Gasteiger charge is -2.14. The first kappa shape index (κ1) is 12.5. The number of non-ortho nitro benzene ring substituents is 1. The lowest BCUT2D eigenvalue weighted by molar-refractivity contribution is -0.384. The Hall–Kier alpha value is -2.50. The van der Waals surface area contributed by atoms with E-state index in [1.54, 1.807) is 0 Å². The van der Waals surface area contributed by atoms with Gasteiger partial charge in [0, 0.05) is 12.1 Å². The van der Waals surface area contributed by atoms with E-state index in [1.807, 2.05) is 12.2 Å². The SMILES string of the molecule is O=C1[C@H]2CC=CC[C@H]2C(=O)N1c1ccc([N+](=O)[O-])cc1. The van der Waals surface area contributed by atoms with Crippen molar-refractivity contribution in [1.82, 2.24) is 0 Å². The predicted octanol–water partition coefficient (Wildman–Crippen LogP) is 2.05. The van der Waals surface area contributed by atoms with Crippen molar-refractivity contribution in [3.05, 3.63) is 46.5 Å². The van der Waals surface area contributed by atoms with E-state index < -0.39 is 4.92 Å². The molecule has 3 rings (SSSR count). The Balaban J connectivity index is 1.92. The number of allylic oxidation sites excluding steroid dienone is 2. The Bertz CT molecular complexity index is 595. The van der Waals surface area contributed by atoms with Gasteiger partial charge in [-0.2, -0.15) is 0 Å². The Kier molecular flexibility index (Phi) is 2.85. The maximum absolute atomic E-state index is 12.3. The number of hydrogen-bond acceptors (Lipinski definition) is 4. The van der Waals surface area contributed by atoms with E-state index in [4.69, 9.17) is 0 Å². The summed E-state index contributed by atoms with van der Waals surface area (Å²) in [6.45, 7) is 0. The molecule has 0 N–H and O–H groups in total. The fourth-order valence-corrected chi connectivity index (χ4v) is 2.78. The molecule has 1 aliphatic heterocycles. The number of anilines is 1. The fraction of sp³-hybridized carbons (Fsp3) is 0.286. The molecule has 1 aromatic rings. The minimum Gasteiger partial charge on any atom is -0.274 e. The first-order valence-electron chi connectivity index (χ1n) is 6.37. The molecule has 2 atom stereocenters. The van der Waals surface area contributed by atoms with Crippen LogP contribution in [0.2, 0.25) is 0 Å². The smallest absolute Gasteiger partial charge is 0.269 e. The molecule has 6 nitrogen and oxygen atoms in total. The molecule has 6 heteroatoms. The van der Waals surface area contributed by atoms with Crippen LogP contribution in [0.3, 0.4) is 0 Å². The predicted molar refractivity (Wildman–Crippen MR) is 70.9 cm³/mol. The van der Waals surface area contributed by atoms with Crippen LogP contribution in [0.15, 0.2) is 36.4 Å². The summed E-state index contributed by atoms with van der Waals surface area (Å²) in [7, 11) is 0. The molecule has 2 amide bonds. The van der Waals surface area contributed by atoms with Gasteiger partial charge in [-0.1, -0.05) is 12.2 Å². The van der Waals surface area contributed by atoms with Crippen LogP contribution in [0.5, 0.6) is 0 Å². The molecule has 1 heterocycles. The lowest BCUT2D eigenvalue weighted by atomic mass is 9.85. The minimum absolute atomic E-state index is 0.0630. The van der Waals surface area contributed by atoms with Gasteiger partial charge in [-0.15, -0.1) is 0 Å². The summed E-state index contributed by atoms with van der Waals surface area (Å²) in [4.78, 5) is 35.9. The summed E-state index contributed by atoms with van der Waals surface area (Å²) in [5.74, 6) is -0.998. The molecule has 0 spiro atoms. The van der Waals surface area contributed by atoms with Crippen LogP contribution < -0.4 is 4.90 Å². The van der Waals surface area contributed by atoms with Gasteiger partial charge in [0.2, 0.25) is 11.8 Å². The summed E-state index contributed by atoms with van der Waals surface area (Å²) >= 11 is 0. The number of carbonyl (C=O) groups is 2. The fourth-order valence-electron chi connectivity index (χ4n) is 2.78. The molecule has 1 fully saturated rings. The molecule has 1 saturated heterocycles. The summed E-state index contributed by atoms with van der Waals surface area (Å²) < 4.78 is 0. The zero-order valence-corrected chi connectivity index (χ0v) is 10.6. The van der Waals surface area contributed by atoms with E-state index in [9.17, 15) is 19.7 Å². The van der Waals surface area contributed by atoms with Gasteiger partial charge in [0.1, 0.15) is 0 Å². The monoisotopic (exact) mass is 272 g/mol. The molecule has 1 aliphatic carbocycles. The number of imide groups is 1. The summed E-state index contributed by atoms with van der Waals surface area (Å²) in [5.41, 5.74) is 0.340. The van der Waals surface area contributed by atoms with Crippen molar-refractivity contribution in [2.45, 2.75) is 12.8 Å². The first-order valence-corrected chi connectivity index (χ1v) is 6.37. The highest BCUT2D eigenvalue weighted by Gasteiger charge is 2.47. The second-order valence-electron chi connectivity index (χ2n) is 4.94. The maximum atomic E-state index is 12.3. The minimum atomic E-state index is -0.513. The number of nitrogens with zero attached hydrogens (tertiary/aromatic N) is 2. The van der Waals surface area contributed by atoms with Crippen molar-refractivity contribution in [3.8, 4) is 0 Å². The summed E-state index contributed by atoms with van der Waals surface area (Å²) in [6.07, 6.45) is 5.01. The standard InChI is InChI=1S/C14H12N2O4/c17-13-11-3-1-2-4-12(11)14(18)15(13)9-5-7-10(8-6-9)16(19)20/h1-2,5-8,11-12H,3-4H2/t11-,12+. The molecule has 2 aliphatic rings. The molecule has 1 aromatic carbocycles. The van der Waals surface area contributed by atoms with Crippen molar-refractivity contribution in [2.75, 3.05) is 4.90 Å². The van der Waals surface area contributed by atoms with Gasteiger partial charge < -0.3 is 0 Å². The molecule has 20 heavy (non-hydrogen) atoms. The molecular formula is C14H12N2O4. The van der Waals surface area contributed by atoms with Crippen LogP contribution in [0.4, 0.5) is 11.4 Å². The van der Waals surface area contributed by atoms with Crippen LogP contribution in [0.25, 0.3) is 0 Å². The second kappa shape index (κ2) is 4.56.